The largest absolute Gasteiger partial charge is 0.462 e. The summed E-state index contributed by atoms with van der Waals surface area (Å²) < 4.78 is 6.03. The van der Waals surface area contributed by atoms with Crippen LogP contribution in [0.2, 0.25) is 0 Å². The summed E-state index contributed by atoms with van der Waals surface area (Å²) >= 11 is 0. The second-order valence-electron chi connectivity index (χ2n) is 26.1. The molecule has 3 N–H and O–H groups in total. The lowest BCUT2D eigenvalue weighted by Gasteiger charge is -2.72. The fourth-order valence-corrected chi connectivity index (χ4v) is 17.7. The number of carbonyl (C=O) groups excluding carboxylic acids is 3. The van der Waals surface area contributed by atoms with Crippen LogP contribution in [0.1, 0.15) is 178 Å². The smallest absolute Gasteiger partial charge is 0.302 e. The summed E-state index contributed by atoms with van der Waals surface area (Å²) in [4.78, 5) is 44.4. The van der Waals surface area contributed by atoms with Crippen molar-refractivity contribution in [3.8, 4) is 0 Å². The van der Waals surface area contributed by atoms with Crippen LogP contribution in [-0.4, -0.2) is 70.7 Å². The molecule has 8 nitrogen and oxygen atoms in total. The van der Waals surface area contributed by atoms with E-state index in [1.54, 1.807) is 6.92 Å². The van der Waals surface area contributed by atoms with Crippen molar-refractivity contribution in [2.24, 2.45) is 68.0 Å². The van der Waals surface area contributed by atoms with Gasteiger partial charge in [-0.2, -0.15) is 0 Å². The van der Waals surface area contributed by atoms with Gasteiger partial charge in [0.05, 0.1) is 23.6 Å². The molecule has 1 aromatic carbocycles. The first-order valence-corrected chi connectivity index (χ1v) is 26.3. The molecule has 8 rings (SSSR count). The van der Waals surface area contributed by atoms with Gasteiger partial charge >= 0.3 is 5.97 Å². The predicted molar refractivity (Wildman–Crippen MR) is 261 cm³/mol. The van der Waals surface area contributed by atoms with E-state index in [4.69, 9.17) is 4.74 Å². The normalized spacial score (nSPS) is 42.1. The summed E-state index contributed by atoms with van der Waals surface area (Å²) in [7, 11) is 0. The molecule has 6 aliphatic carbocycles. The molecular formula is C57H89N3O5. The van der Waals surface area contributed by atoms with Crippen LogP contribution in [0, 0.1) is 68.0 Å². The summed E-state index contributed by atoms with van der Waals surface area (Å²) in [6, 6.07) is 9.50. The van der Waals surface area contributed by atoms with Crippen LogP contribution in [0.4, 0.5) is 0 Å². The van der Waals surface area contributed by atoms with Gasteiger partial charge in [-0.3, -0.25) is 19.3 Å². The Labute approximate surface area is 394 Å². The first-order chi connectivity index (χ1) is 30.4. The van der Waals surface area contributed by atoms with Gasteiger partial charge in [-0.1, -0.05) is 96.9 Å². The van der Waals surface area contributed by atoms with Gasteiger partial charge in [0.2, 0.25) is 11.8 Å². The minimum Gasteiger partial charge on any atom is -0.462 e. The number of nitrogens with zero attached hydrogens (tertiary/aromatic N) is 1. The van der Waals surface area contributed by atoms with Crippen molar-refractivity contribution in [1.82, 2.24) is 15.5 Å². The first kappa shape index (κ1) is 48.7. The van der Waals surface area contributed by atoms with Crippen molar-refractivity contribution in [2.75, 3.05) is 13.1 Å². The lowest BCUT2D eigenvalue weighted by atomic mass is 9.32. The SMILES string of the molecule is C=C(C)[C@@H]1CC[C@]2(C(=O)N[C@@H](Cc3ccccc3)[C@H](O)CN3C[C@H]4CCCC[C@@]4(C)C[C@H]3C(=O)NC(C)(C)C)CC[C@]3(C)[C@H](CC[C@@H]4[C@@]5(C)CC[C@H](OC(C)=O)C(C)(C)[C@@H]5CC[C@]43C)[C@@H]12. The number of amides is 2. The lowest BCUT2D eigenvalue weighted by molar-refractivity contribution is -0.249. The molecule has 1 aliphatic heterocycles. The molecule has 0 unspecified atom stereocenters. The molecule has 0 aromatic heterocycles. The Balaban J connectivity index is 1.08. The Morgan fingerprint density at radius 3 is 2.25 bits per heavy atom. The maximum absolute atomic E-state index is 15.7. The number of ether oxygens (including phenoxy) is 1. The molecule has 15 atom stereocenters. The maximum atomic E-state index is 15.7. The number of nitrogens with one attached hydrogen (secondary N) is 2. The molecule has 0 radical (unpaired) electrons. The third-order valence-corrected chi connectivity index (χ3v) is 21.2. The summed E-state index contributed by atoms with van der Waals surface area (Å²) in [6.45, 7) is 30.7. The quantitative estimate of drug-likeness (QED) is 0.160. The monoisotopic (exact) mass is 896 g/mol. The maximum Gasteiger partial charge on any atom is 0.302 e. The highest BCUT2D eigenvalue weighted by atomic mass is 16.5. The standard InChI is InChI=1S/C57H89N3O5/c1-36(2)40-23-29-57(31-30-55(11)41(48(40)57)21-22-46-54(10)27-25-47(65-37(3)61)52(7,8)45(54)24-28-56(46,55)12)50(64)58-42(32-38-18-14-13-15-19-38)44(62)35-60-34-39-20-16-17-26-53(39,9)33-43(60)49(63)59-51(4,5)6/h13-15,18-19,39-48,62H,1,16-17,20-35H2,2-12H3,(H,58,64)(H,59,63)/t39-,40+,41-,42+,43+,44-,45+,46-,47+,48-,53+,54+,55-,56-,57+/m1/s1. The third-order valence-electron chi connectivity index (χ3n) is 21.2. The predicted octanol–water partition coefficient (Wildman–Crippen LogP) is 10.8. The highest BCUT2D eigenvalue weighted by Gasteiger charge is 2.72. The van der Waals surface area contributed by atoms with Gasteiger partial charge in [0, 0.05) is 31.0 Å². The molecule has 2 amide bonds. The molecule has 1 saturated heterocycles. The second-order valence-corrected chi connectivity index (χ2v) is 26.1. The number of rotatable bonds is 10. The number of aliphatic hydroxyl groups excluding tert-OH is 1. The van der Waals surface area contributed by atoms with Gasteiger partial charge in [-0.15, -0.1) is 0 Å². The number of β-amino-alcohol motifs (C(OH)–C–C–N with tert-alkyl or cyclic N) is 1. The summed E-state index contributed by atoms with van der Waals surface area (Å²) in [5, 5.41) is 19.6. The van der Waals surface area contributed by atoms with Crippen molar-refractivity contribution in [2.45, 2.75) is 209 Å². The Hall–Kier alpha value is -2.71. The van der Waals surface area contributed by atoms with Crippen molar-refractivity contribution >= 4 is 17.8 Å². The van der Waals surface area contributed by atoms with E-state index in [1.807, 2.05) is 39.0 Å². The van der Waals surface area contributed by atoms with Crippen molar-refractivity contribution < 1.29 is 24.2 Å². The van der Waals surface area contributed by atoms with Gasteiger partial charge < -0.3 is 20.5 Å². The van der Waals surface area contributed by atoms with Gasteiger partial charge in [-0.25, -0.2) is 0 Å². The molecule has 362 valence electrons. The zero-order valence-electron chi connectivity index (χ0n) is 42.6. The minimum absolute atomic E-state index is 0.0378. The van der Waals surface area contributed by atoms with Crippen LogP contribution in [0.5, 0.6) is 0 Å². The average molecular weight is 896 g/mol. The van der Waals surface area contributed by atoms with Gasteiger partial charge in [-0.05, 0) is 180 Å². The minimum atomic E-state index is -0.857. The number of aliphatic hydroxyl groups is 1. The summed E-state index contributed by atoms with van der Waals surface area (Å²) in [5.74, 6) is 2.43. The average Bonchev–Trinajstić information content (AvgIpc) is 3.63. The molecule has 7 fully saturated rings. The number of esters is 1. The molecule has 0 spiro atoms. The highest BCUT2D eigenvalue weighted by molar-refractivity contribution is 5.84. The highest BCUT2D eigenvalue weighted by Crippen LogP contribution is 2.77. The van der Waals surface area contributed by atoms with Crippen molar-refractivity contribution in [1.29, 1.82) is 0 Å². The van der Waals surface area contributed by atoms with Crippen molar-refractivity contribution in [3.63, 3.8) is 0 Å². The van der Waals surface area contributed by atoms with E-state index in [2.05, 4.69) is 82.7 Å². The number of fused-ring (bicyclic) bond motifs is 8. The van der Waals surface area contributed by atoms with Crippen LogP contribution in [0.15, 0.2) is 42.5 Å². The van der Waals surface area contributed by atoms with E-state index >= 15 is 4.79 Å². The number of hydrogen-bond donors (Lipinski definition) is 3. The van der Waals surface area contributed by atoms with E-state index in [0.29, 0.717) is 36.6 Å². The van der Waals surface area contributed by atoms with Crippen LogP contribution >= 0.6 is 0 Å². The Morgan fingerprint density at radius 1 is 0.846 bits per heavy atom. The zero-order chi connectivity index (χ0) is 47.1. The van der Waals surface area contributed by atoms with Crippen LogP contribution in [0.3, 0.4) is 0 Å². The molecule has 65 heavy (non-hydrogen) atoms. The number of hydrogen-bond acceptors (Lipinski definition) is 6. The van der Waals surface area contributed by atoms with Crippen LogP contribution in [-0.2, 0) is 25.5 Å². The number of piperidine rings is 1. The van der Waals surface area contributed by atoms with E-state index < -0.39 is 17.6 Å². The lowest BCUT2D eigenvalue weighted by Crippen LogP contribution is -2.68. The van der Waals surface area contributed by atoms with Crippen LogP contribution < -0.4 is 10.6 Å². The van der Waals surface area contributed by atoms with E-state index in [1.165, 1.54) is 31.3 Å². The van der Waals surface area contributed by atoms with Gasteiger partial charge in [0.15, 0.2) is 0 Å². The third kappa shape index (κ3) is 8.39. The number of allylic oxidation sites excluding steroid dienone is 1. The fourth-order valence-electron chi connectivity index (χ4n) is 17.7. The Morgan fingerprint density at radius 2 is 1.57 bits per heavy atom. The molecule has 7 aliphatic rings. The molecule has 8 heteroatoms. The zero-order valence-corrected chi connectivity index (χ0v) is 42.6. The molecule has 1 aromatic rings. The van der Waals surface area contributed by atoms with Gasteiger partial charge in [0.1, 0.15) is 6.10 Å². The molecular weight excluding hydrogens is 807 g/mol. The molecule has 6 saturated carbocycles. The number of likely N-dealkylation sites (tertiary alicyclic amines) is 1. The number of carbonyl (C=O) groups is 3. The fraction of sp³-hybridized carbons (Fsp3) is 0.807. The summed E-state index contributed by atoms with van der Waals surface area (Å²) in [6.07, 6.45) is 15.5. The van der Waals surface area contributed by atoms with E-state index in [-0.39, 0.29) is 74.4 Å². The van der Waals surface area contributed by atoms with Crippen molar-refractivity contribution in [3.05, 3.63) is 48.0 Å². The summed E-state index contributed by atoms with van der Waals surface area (Å²) in [5.41, 5.74) is 1.80. The van der Waals surface area contributed by atoms with E-state index in [0.717, 1.165) is 82.7 Å². The second kappa shape index (κ2) is 17.4. The van der Waals surface area contributed by atoms with Gasteiger partial charge in [0.25, 0.3) is 0 Å². The Bertz CT molecular complexity index is 1960. The Kier molecular flexibility index (Phi) is 13.0. The molecule has 0 bridgehead atoms. The number of benzene rings is 1. The van der Waals surface area contributed by atoms with Crippen LogP contribution in [0.25, 0.3) is 0 Å². The first-order valence-electron chi connectivity index (χ1n) is 26.3. The molecule has 1 heterocycles. The van der Waals surface area contributed by atoms with E-state index in [9.17, 15) is 14.7 Å². The topological polar surface area (TPSA) is 108 Å².